The number of hydrogen-bond donors (Lipinski definition) is 1. The number of aryl methyl sites for hydroxylation is 1. The van der Waals surface area contributed by atoms with E-state index in [9.17, 15) is 9.47 Å². The zero-order chi connectivity index (χ0) is 19.6. The van der Waals surface area contributed by atoms with Crippen molar-refractivity contribution in [2.45, 2.75) is 26.8 Å². The van der Waals surface area contributed by atoms with Gasteiger partial charge in [-0.05, 0) is 48.2 Å². The molecule has 0 bridgehead atoms. The van der Waals surface area contributed by atoms with Crippen LogP contribution in [0.15, 0.2) is 42.5 Å². The summed E-state index contributed by atoms with van der Waals surface area (Å²) >= 11 is 6.20. The molecule has 2 aromatic carbocycles. The van der Waals surface area contributed by atoms with Crippen molar-refractivity contribution in [3.05, 3.63) is 53.1 Å². The van der Waals surface area contributed by atoms with Crippen molar-refractivity contribution in [1.82, 2.24) is 4.57 Å². The Bertz CT molecular complexity index is 1030. The summed E-state index contributed by atoms with van der Waals surface area (Å²) in [6.45, 7) is 5.21. The summed E-state index contributed by atoms with van der Waals surface area (Å²) in [6, 6.07) is 15.8. The molecular weight excluding hydrogens is 378 g/mol. The van der Waals surface area contributed by atoms with Crippen molar-refractivity contribution in [2.24, 2.45) is 5.92 Å². The van der Waals surface area contributed by atoms with E-state index in [1.807, 2.05) is 42.5 Å². The highest BCUT2D eigenvalue weighted by Crippen LogP contribution is 2.35. The van der Waals surface area contributed by atoms with Gasteiger partial charge >= 0.3 is 0 Å². The predicted octanol–water partition coefficient (Wildman–Crippen LogP) is 5.58. The zero-order valence-electron chi connectivity index (χ0n) is 15.6. The minimum absolute atomic E-state index is 0.555. The lowest BCUT2D eigenvalue weighted by Gasteiger charge is -2.13. The number of fused-ring (bicyclic) bond motifs is 1. The Kier molecular flexibility index (Phi) is 5.88. The van der Waals surface area contributed by atoms with Crippen molar-refractivity contribution in [1.29, 1.82) is 5.26 Å². The molecule has 0 saturated heterocycles. The van der Waals surface area contributed by atoms with Gasteiger partial charge in [-0.3, -0.25) is 0 Å². The number of aromatic nitrogens is 1. The van der Waals surface area contributed by atoms with Crippen LogP contribution in [0, 0.1) is 17.2 Å². The maximum absolute atomic E-state index is 11.4. The Morgan fingerprint density at radius 1 is 1.22 bits per heavy atom. The van der Waals surface area contributed by atoms with Gasteiger partial charge in [0.05, 0.1) is 11.3 Å². The van der Waals surface area contributed by atoms with Crippen LogP contribution in [0.4, 0.5) is 5.69 Å². The summed E-state index contributed by atoms with van der Waals surface area (Å²) in [7, 11) is -1.12. The second-order valence-corrected chi connectivity index (χ2v) is 8.51. The summed E-state index contributed by atoms with van der Waals surface area (Å²) < 4.78 is 16.5. The van der Waals surface area contributed by atoms with Crippen LogP contribution in [0.5, 0.6) is 0 Å². The highest BCUT2D eigenvalue weighted by atomic mass is 35.5. The highest BCUT2D eigenvalue weighted by molar-refractivity contribution is 7.85. The Hall–Kier alpha value is -2.29. The van der Waals surface area contributed by atoms with E-state index in [1.54, 1.807) is 6.26 Å². The second-order valence-electron chi connectivity index (χ2n) is 6.96. The first-order valence-electron chi connectivity index (χ1n) is 8.83. The Morgan fingerprint density at radius 3 is 2.52 bits per heavy atom. The molecule has 0 fully saturated rings. The van der Waals surface area contributed by atoms with Crippen LogP contribution in [0.25, 0.3) is 22.2 Å². The summed E-state index contributed by atoms with van der Waals surface area (Å²) in [6.07, 6.45) is 2.61. The lowest BCUT2D eigenvalue weighted by atomic mass is 10.1. The molecule has 0 spiro atoms. The van der Waals surface area contributed by atoms with Gasteiger partial charge < -0.3 is 9.29 Å². The van der Waals surface area contributed by atoms with E-state index in [0.29, 0.717) is 16.5 Å². The number of benzene rings is 2. The molecule has 140 valence electrons. The van der Waals surface area contributed by atoms with E-state index < -0.39 is 11.0 Å². The molecule has 6 heteroatoms. The van der Waals surface area contributed by atoms with Crippen molar-refractivity contribution in [2.75, 3.05) is 11.0 Å². The number of nitrogens with one attached hydrogen (secondary N) is 1. The van der Waals surface area contributed by atoms with Crippen LogP contribution >= 0.6 is 11.6 Å². The van der Waals surface area contributed by atoms with E-state index in [4.69, 9.17) is 11.6 Å². The van der Waals surface area contributed by atoms with Crippen LogP contribution in [0.2, 0.25) is 5.02 Å². The van der Waals surface area contributed by atoms with Gasteiger partial charge in [0.25, 0.3) is 0 Å². The molecule has 27 heavy (non-hydrogen) atoms. The first kappa shape index (κ1) is 19.5. The highest BCUT2D eigenvalue weighted by Gasteiger charge is 2.19. The number of halogens is 1. The fourth-order valence-electron chi connectivity index (χ4n) is 3.22. The third kappa shape index (κ3) is 4.18. The first-order chi connectivity index (χ1) is 12.9. The molecule has 0 saturated carbocycles. The molecule has 3 aromatic rings. The van der Waals surface area contributed by atoms with Crippen molar-refractivity contribution in [3.8, 4) is 17.3 Å². The number of anilines is 1. The summed E-state index contributed by atoms with van der Waals surface area (Å²) in [5.74, 6) is 0.555. The molecule has 1 aromatic heterocycles. The Balaban J connectivity index is 2.19. The standard InChI is InChI=1S/C21H22ClN3OS/c1-14(2)10-11-25-20-9-6-16(22)12-18(20)19(13-23)21(25)15-4-7-17(8-5-15)24-27(3)26/h4-9,12,14,24H,10-11H2,1-3H3. The molecule has 4 nitrogen and oxygen atoms in total. The molecule has 0 aliphatic heterocycles. The van der Waals surface area contributed by atoms with Gasteiger partial charge in [-0.2, -0.15) is 5.26 Å². The monoisotopic (exact) mass is 399 g/mol. The first-order valence-corrected chi connectivity index (χ1v) is 10.8. The zero-order valence-corrected chi connectivity index (χ0v) is 17.2. The van der Waals surface area contributed by atoms with E-state index in [2.05, 4.69) is 29.2 Å². The summed E-state index contributed by atoms with van der Waals surface area (Å²) in [4.78, 5) is 0. The van der Waals surface area contributed by atoms with Crippen LogP contribution in [0.3, 0.4) is 0 Å². The van der Waals surface area contributed by atoms with Crippen LogP contribution in [-0.4, -0.2) is 15.0 Å². The number of nitriles is 1. The molecule has 1 N–H and O–H groups in total. The summed E-state index contributed by atoms with van der Waals surface area (Å²) in [5.41, 5.74) is 4.29. The average molecular weight is 400 g/mol. The normalized spacial score (nSPS) is 12.3. The lowest BCUT2D eigenvalue weighted by molar-refractivity contribution is 0.526. The van der Waals surface area contributed by atoms with E-state index in [0.717, 1.165) is 40.8 Å². The second kappa shape index (κ2) is 8.16. The average Bonchev–Trinajstić information content (AvgIpc) is 2.92. The maximum Gasteiger partial charge on any atom is 0.113 e. The van der Waals surface area contributed by atoms with Crippen LogP contribution in [0.1, 0.15) is 25.8 Å². The van der Waals surface area contributed by atoms with E-state index in [-0.39, 0.29) is 0 Å². The van der Waals surface area contributed by atoms with E-state index >= 15 is 0 Å². The van der Waals surface area contributed by atoms with Gasteiger partial charge in [-0.25, -0.2) is 4.21 Å². The number of hydrogen-bond acceptors (Lipinski definition) is 2. The van der Waals surface area contributed by atoms with Gasteiger partial charge in [0, 0.05) is 34.4 Å². The van der Waals surface area contributed by atoms with Crippen molar-refractivity contribution >= 4 is 39.2 Å². The number of nitrogens with zero attached hydrogens (tertiary/aromatic N) is 2. The molecule has 0 aliphatic rings. The van der Waals surface area contributed by atoms with Crippen molar-refractivity contribution in [3.63, 3.8) is 0 Å². The van der Waals surface area contributed by atoms with E-state index in [1.165, 1.54) is 0 Å². The molecule has 0 radical (unpaired) electrons. The van der Waals surface area contributed by atoms with Crippen LogP contribution in [-0.2, 0) is 17.5 Å². The maximum atomic E-state index is 11.4. The van der Waals surface area contributed by atoms with Gasteiger partial charge in [-0.15, -0.1) is 0 Å². The third-order valence-electron chi connectivity index (χ3n) is 4.49. The Labute approximate surface area is 167 Å². The minimum Gasteiger partial charge on any atom is -0.339 e. The van der Waals surface area contributed by atoms with Gasteiger partial charge in [-0.1, -0.05) is 37.6 Å². The SMILES string of the molecule is CC(C)CCn1c(-c2ccc(NS(C)=O)cc2)c(C#N)c2cc(Cl)ccc21. The smallest absolute Gasteiger partial charge is 0.113 e. The molecule has 1 atom stereocenters. The largest absolute Gasteiger partial charge is 0.339 e. The number of rotatable bonds is 6. The van der Waals surface area contributed by atoms with Gasteiger partial charge in [0.1, 0.15) is 17.1 Å². The predicted molar refractivity (Wildman–Crippen MR) is 114 cm³/mol. The fraction of sp³-hybridized carbons (Fsp3) is 0.286. The van der Waals surface area contributed by atoms with Gasteiger partial charge in [0.2, 0.25) is 0 Å². The molecule has 0 aliphatic carbocycles. The van der Waals surface area contributed by atoms with Gasteiger partial charge in [0.15, 0.2) is 0 Å². The quantitative estimate of drug-likeness (QED) is 0.587. The summed E-state index contributed by atoms with van der Waals surface area (Å²) in [5, 5.41) is 11.4. The topological polar surface area (TPSA) is 57.8 Å². The Morgan fingerprint density at radius 2 is 1.93 bits per heavy atom. The van der Waals surface area contributed by atoms with Crippen molar-refractivity contribution < 1.29 is 4.21 Å². The fourth-order valence-corrected chi connectivity index (χ4v) is 3.86. The lowest BCUT2D eigenvalue weighted by Crippen LogP contribution is -2.04. The minimum atomic E-state index is -1.12. The van der Waals surface area contributed by atoms with Crippen LogP contribution < -0.4 is 4.72 Å². The molecule has 0 amide bonds. The third-order valence-corrected chi connectivity index (χ3v) is 5.25. The molecule has 1 unspecified atom stereocenters. The molecule has 1 heterocycles. The molecule has 3 rings (SSSR count). The molecular formula is C21H22ClN3OS.